The zero-order valence-corrected chi connectivity index (χ0v) is 25.8. The molecule has 0 bridgehead atoms. The van der Waals surface area contributed by atoms with E-state index in [2.05, 4.69) is 19.9 Å². The van der Waals surface area contributed by atoms with E-state index in [0.29, 0.717) is 51.5 Å². The van der Waals surface area contributed by atoms with Crippen LogP contribution in [-0.2, 0) is 27.2 Å². The number of para-hydroxylation sites is 1. The van der Waals surface area contributed by atoms with Crippen molar-refractivity contribution in [3.8, 4) is 0 Å². The maximum Gasteiger partial charge on any atom is 0.416 e. The average molecular weight is 673 g/mol. The summed E-state index contributed by atoms with van der Waals surface area (Å²) >= 11 is 0. The molecule has 3 aromatic rings. The standard InChI is InChI=1S/C30H34F6N6O3S/c1-19(43)41-10-12-42(13-11-41)27-25-4-2-3-5-26(25)39-28(40-27)37-17-20-6-8-21(9-7-20)18-38-46(44,45)24-15-22(29(31,32)33)14-23(16-24)30(34,35)36/h2-5,14-16,20-21,38H,6-13,17-18H2,1H3,(H,37,39,40)/t20-,21-. The Morgan fingerprint density at radius 2 is 1.41 bits per heavy atom. The molecule has 2 aliphatic rings. The zero-order valence-electron chi connectivity index (χ0n) is 25.0. The number of piperazine rings is 1. The number of nitrogens with one attached hydrogen (secondary N) is 2. The number of rotatable bonds is 8. The van der Waals surface area contributed by atoms with Gasteiger partial charge in [-0.1, -0.05) is 12.1 Å². The van der Waals surface area contributed by atoms with Crippen molar-refractivity contribution >= 4 is 38.6 Å². The molecular weight excluding hydrogens is 638 g/mol. The Morgan fingerprint density at radius 1 is 0.848 bits per heavy atom. The van der Waals surface area contributed by atoms with Gasteiger partial charge in [0, 0.05) is 51.6 Å². The fourth-order valence-corrected chi connectivity index (χ4v) is 7.07. The Hall–Kier alpha value is -3.66. The van der Waals surface area contributed by atoms with E-state index in [9.17, 15) is 39.6 Å². The van der Waals surface area contributed by atoms with E-state index < -0.39 is 38.4 Å². The fourth-order valence-electron chi connectivity index (χ4n) is 5.88. The lowest BCUT2D eigenvalue weighted by molar-refractivity contribution is -0.143. The molecule has 1 aromatic heterocycles. The molecule has 1 aliphatic heterocycles. The molecule has 0 atom stereocenters. The first kappa shape index (κ1) is 33.7. The van der Waals surface area contributed by atoms with Crippen LogP contribution in [0, 0.1) is 11.8 Å². The maximum absolute atomic E-state index is 13.2. The zero-order chi connectivity index (χ0) is 33.3. The van der Waals surface area contributed by atoms with Crippen LogP contribution in [0.3, 0.4) is 0 Å². The number of benzene rings is 2. The molecule has 16 heteroatoms. The molecule has 1 aliphatic carbocycles. The van der Waals surface area contributed by atoms with Crippen molar-refractivity contribution in [1.29, 1.82) is 0 Å². The second-order valence-corrected chi connectivity index (χ2v) is 13.5. The number of amides is 1. The van der Waals surface area contributed by atoms with E-state index in [-0.39, 0.29) is 42.5 Å². The summed E-state index contributed by atoms with van der Waals surface area (Å²) in [5.74, 6) is 1.39. The SMILES string of the molecule is CC(=O)N1CCN(c2nc(NC[C@H]3CC[C@H](CNS(=O)(=O)c4cc(C(F)(F)F)cc(C(F)(F)F)c4)CC3)nc3ccccc23)CC1. The van der Waals surface area contributed by atoms with Gasteiger partial charge in [0.25, 0.3) is 0 Å². The lowest BCUT2D eigenvalue weighted by Crippen LogP contribution is -2.48. The molecule has 2 N–H and O–H groups in total. The van der Waals surface area contributed by atoms with Crippen molar-refractivity contribution in [1.82, 2.24) is 19.6 Å². The number of hydrogen-bond donors (Lipinski definition) is 2. The summed E-state index contributed by atoms with van der Waals surface area (Å²) < 4.78 is 107. The summed E-state index contributed by atoms with van der Waals surface area (Å²) in [6.07, 6.45) is -7.60. The van der Waals surface area contributed by atoms with Crippen molar-refractivity contribution in [2.24, 2.45) is 11.8 Å². The molecule has 1 amide bonds. The van der Waals surface area contributed by atoms with Crippen LogP contribution in [0.2, 0.25) is 0 Å². The third kappa shape index (κ3) is 8.00. The van der Waals surface area contributed by atoms with Crippen molar-refractivity contribution in [3.05, 3.63) is 53.6 Å². The molecule has 0 spiro atoms. The van der Waals surface area contributed by atoms with E-state index in [1.54, 1.807) is 11.8 Å². The van der Waals surface area contributed by atoms with Gasteiger partial charge >= 0.3 is 12.4 Å². The van der Waals surface area contributed by atoms with Crippen LogP contribution in [-0.4, -0.2) is 68.5 Å². The van der Waals surface area contributed by atoms with Gasteiger partial charge in [0.15, 0.2) is 0 Å². The summed E-state index contributed by atoms with van der Waals surface area (Å²) in [6, 6.07) is 8.02. The summed E-state index contributed by atoms with van der Waals surface area (Å²) in [6.45, 7) is 4.51. The van der Waals surface area contributed by atoms with E-state index >= 15 is 0 Å². The topological polar surface area (TPSA) is 108 Å². The molecule has 250 valence electrons. The second kappa shape index (κ2) is 13.2. The number of aromatic nitrogens is 2. The molecule has 0 unspecified atom stereocenters. The molecular formula is C30H34F6N6O3S. The quantitative estimate of drug-likeness (QED) is 0.303. The Bertz CT molecular complexity index is 1640. The Balaban J connectivity index is 1.17. The van der Waals surface area contributed by atoms with Crippen LogP contribution in [0.5, 0.6) is 0 Å². The second-order valence-electron chi connectivity index (χ2n) is 11.7. The van der Waals surface area contributed by atoms with Crippen LogP contribution < -0.4 is 14.9 Å². The van der Waals surface area contributed by atoms with Gasteiger partial charge in [0.2, 0.25) is 21.9 Å². The largest absolute Gasteiger partial charge is 0.416 e. The highest BCUT2D eigenvalue weighted by Gasteiger charge is 2.38. The number of hydrogen-bond acceptors (Lipinski definition) is 7. The maximum atomic E-state index is 13.2. The van der Waals surface area contributed by atoms with E-state index in [1.165, 1.54) is 0 Å². The molecule has 46 heavy (non-hydrogen) atoms. The number of fused-ring (bicyclic) bond motifs is 1. The summed E-state index contributed by atoms with van der Waals surface area (Å²) in [5.41, 5.74) is -2.59. The smallest absolute Gasteiger partial charge is 0.354 e. The third-order valence-electron chi connectivity index (χ3n) is 8.56. The van der Waals surface area contributed by atoms with E-state index in [4.69, 9.17) is 4.98 Å². The van der Waals surface area contributed by atoms with Gasteiger partial charge in [0.05, 0.1) is 21.5 Å². The first-order valence-electron chi connectivity index (χ1n) is 14.9. The minimum absolute atomic E-state index is 0.0388. The molecule has 2 aromatic carbocycles. The fraction of sp³-hybridized carbons (Fsp3) is 0.500. The number of nitrogens with zero attached hydrogens (tertiary/aromatic N) is 4. The minimum Gasteiger partial charge on any atom is -0.354 e. The number of halogens is 6. The number of carbonyl (C=O) groups is 1. The van der Waals surface area contributed by atoms with Gasteiger partial charge in [-0.2, -0.15) is 31.3 Å². The highest BCUT2D eigenvalue weighted by molar-refractivity contribution is 7.89. The summed E-state index contributed by atoms with van der Waals surface area (Å²) in [7, 11) is -4.63. The summed E-state index contributed by atoms with van der Waals surface area (Å²) in [4.78, 5) is 24.1. The first-order valence-corrected chi connectivity index (χ1v) is 16.4. The lowest BCUT2D eigenvalue weighted by atomic mass is 9.82. The van der Waals surface area contributed by atoms with Crippen LogP contribution >= 0.6 is 0 Å². The van der Waals surface area contributed by atoms with Crippen LogP contribution in [0.4, 0.5) is 38.1 Å². The van der Waals surface area contributed by atoms with Crippen LogP contribution in [0.1, 0.15) is 43.7 Å². The van der Waals surface area contributed by atoms with Crippen molar-refractivity contribution in [3.63, 3.8) is 0 Å². The van der Waals surface area contributed by atoms with Crippen molar-refractivity contribution in [2.75, 3.05) is 49.5 Å². The third-order valence-corrected chi connectivity index (χ3v) is 9.96. The lowest BCUT2D eigenvalue weighted by Gasteiger charge is -2.35. The van der Waals surface area contributed by atoms with Gasteiger partial charge in [-0.05, 0) is 67.9 Å². The summed E-state index contributed by atoms with van der Waals surface area (Å²) in [5, 5.41) is 4.24. The van der Waals surface area contributed by atoms with Crippen molar-refractivity contribution in [2.45, 2.75) is 49.9 Å². The molecule has 2 fully saturated rings. The molecule has 2 heterocycles. The van der Waals surface area contributed by atoms with Crippen LogP contribution in [0.15, 0.2) is 47.4 Å². The number of alkyl halides is 6. The molecule has 1 saturated carbocycles. The first-order chi connectivity index (χ1) is 21.6. The van der Waals surface area contributed by atoms with Gasteiger partial charge in [-0.15, -0.1) is 0 Å². The highest BCUT2D eigenvalue weighted by Crippen LogP contribution is 2.37. The average Bonchev–Trinajstić information content (AvgIpc) is 3.02. The number of carbonyl (C=O) groups excluding carboxylic acids is 1. The van der Waals surface area contributed by atoms with Crippen molar-refractivity contribution < 1.29 is 39.6 Å². The molecule has 1 saturated heterocycles. The Kier molecular flexibility index (Phi) is 9.68. The van der Waals surface area contributed by atoms with Gasteiger partial charge in [-0.25, -0.2) is 18.1 Å². The Morgan fingerprint density at radius 3 is 1.98 bits per heavy atom. The normalized spacial score (nSPS) is 19.8. The van der Waals surface area contributed by atoms with Crippen LogP contribution in [0.25, 0.3) is 10.9 Å². The predicted octanol–water partition coefficient (Wildman–Crippen LogP) is 5.53. The minimum atomic E-state index is -5.15. The van der Waals surface area contributed by atoms with Gasteiger partial charge < -0.3 is 15.1 Å². The highest BCUT2D eigenvalue weighted by atomic mass is 32.2. The molecule has 0 radical (unpaired) electrons. The van der Waals surface area contributed by atoms with E-state index in [1.807, 2.05) is 24.3 Å². The predicted molar refractivity (Wildman–Crippen MR) is 160 cm³/mol. The van der Waals surface area contributed by atoms with E-state index in [0.717, 1.165) is 29.6 Å². The number of anilines is 2. The number of sulfonamides is 1. The molecule has 9 nitrogen and oxygen atoms in total. The molecule has 5 rings (SSSR count). The van der Waals surface area contributed by atoms with Gasteiger partial charge in [-0.3, -0.25) is 4.79 Å². The Labute approximate surface area is 262 Å². The van der Waals surface area contributed by atoms with Gasteiger partial charge in [0.1, 0.15) is 5.82 Å². The monoisotopic (exact) mass is 672 g/mol.